The Balaban J connectivity index is 1.68. The predicted octanol–water partition coefficient (Wildman–Crippen LogP) is -0.410. The van der Waals surface area contributed by atoms with Gasteiger partial charge in [0.05, 0.1) is 12.6 Å². The van der Waals surface area contributed by atoms with Gasteiger partial charge in [-0.15, -0.1) is 0 Å². The highest BCUT2D eigenvalue weighted by atomic mass is 16.4. The number of rotatable bonds is 7. The van der Waals surface area contributed by atoms with Gasteiger partial charge in [-0.1, -0.05) is 18.2 Å². The Morgan fingerprint density at radius 2 is 2.07 bits per heavy atom. The fourth-order valence-electron chi connectivity index (χ4n) is 3.59. The zero-order valence-corrected chi connectivity index (χ0v) is 15.3. The van der Waals surface area contributed by atoms with Crippen molar-refractivity contribution >= 4 is 28.7 Å². The molecule has 2 amide bonds. The van der Waals surface area contributed by atoms with Crippen molar-refractivity contribution in [3.8, 4) is 0 Å². The van der Waals surface area contributed by atoms with Crippen molar-refractivity contribution in [2.24, 2.45) is 5.73 Å². The third-order valence-corrected chi connectivity index (χ3v) is 5.07. The van der Waals surface area contributed by atoms with Gasteiger partial charge in [0, 0.05) is 23.6 Å². The van der Waals surface area contributed by atoms with Crippen LogP contribution in [0.1, 0.15) is 18.4 Å². The maximum absolute atomic E-state index is 12.9. The van der Waals surface area contributed by atoms with E-state index in [0.29, 0.717) is 25.8 Å². The smallest absolute Gasteiger partial charge is 0.328 e. The molecular formula is C19H24N4O5. The number of benzene rings is 1. The van der Waals surface area contributed by atoms with Crippen molar-refractivity contribution < 1.29 is 24.6 Å². The quantitative estimate of drug-likeness (QED) is 0.435. The molecule has 9 nitrogen and oxygen atoms in total. The third-order valence-electron chi connectivity index (χ3n) is 5.07. The number of carbonyl (C=O) groups is 3. The molecule has 6 N–H and O–H groups in total. The standard InChI is InChI=1S/C19H24N4O5/c20-13(8-11-9-21-14-5-2-1-4-12(11)14)18(26)23-7-3-6-16(23)17(25)22-15(10-24)19(27)28/h1-2,4-5,9,13,15-16,21,24H,3,6-8,10,20H2,(H,22,25)(H,27,28)/t13-,15-,16-/m0/s1. The number of aliphatic hydroxyl groups is 1. The van der Waals surface area contributed by atoms with Gasteiger partial charge in [0.25, 0.3) is 0 Å². The van der Waals surface area contributed by atoms with Crippen molar-refractivity contribution in [1.82, 2.24) is 15.2 Å². The minimum absolute atomic E-state index is 0.322. The summed E-state index contributed by atoms with van der Waals surface area (Å²) in [7, 11) is 0. The van der Waals surface area contributed by atoms with Crippen LogP contribution in [0.4, 0.5) is 0 Å². The largest absolute Gasteiger partial charge is 0.480 e. The molecule has 0 saturated carbocycles. The highest BCUT2D eigenvalue weighted by molar-refractivity contribution is 5.93. The highest BCUT2D eigenvalue weighted by Crippen LogP contribution is 2.22. The summed E-state index contributed by atoms with van der Waals surface area (Å²) in [5.74, 6) is -2.27. The molecule has 9 heteroatoms. The molecule has 1 saturated heterocycles. The van der Waals surface area contributed by atoms with Crippen molar-refractivity contribution in [2.75, 3.05) is 13.2 Å². The second-order valence-corrected chi connectivity index (χ2v) is 6.94. The van der Waals surface area contributed by atoms with Crippen LogP contribution in [0.3, 0.4) is 0 Å². The number of nitrogens with two attached hydrogens (primary N) is 1. The van der Waals surface area contributed by atoms with Crippen molar-refractivity contribution in [2.45, 2.75) is 37.4 Å². The summed E-state index contributed by atoms with van der Waals surface area (Å²) in [6, 6.07) is 4.71. The van der Waals surface area contributed by atoms with Crippen LogP contribution in [-0.4, -0.2) is 69.2 Å². The Labute approximate surface area is 161 Å². The van der Waals surface area contributed by atoms with E-state index < -0.39 is 36.6 Å². The SMILES string of the molecule is N[C@@H](Cc1c[nH]c2ccccc12)C(=O)N1CCC[C@H]1C(=O)N[C@@H](CO)C(=O)O. The summed E-state index contributed by atoms with van der Waals surface area (Å²) in [5, 5.41) is 21.3. The van der Waals surface area contributed by atoms with Crippen LogP contribution < -0.4 is 11.1 Å². The molecular weight excluding hydrogens is 364 g/mol. The number of nitrogens with one attached hydrogen (secondary N) is 2. The molecule has 1 aliphatic heterocycles. The zero-order chi connectivity index (χ0) is 20.3. The van der Waals surface area contributed by atoms with E-state index in [2.05, 4.69) is 10.3 Å². The number of likely N-dealkylation sites (tertiary alicyclic amines) is 1. The first-order chi connectivity index (χ1) is 13.4. The number of hydrogen-bond donors (Lipinski definition) is 5. The minimum atomic E-state index is -1.40. The van der Waals surface area contributed by atoms with E-state index in [-0.39, 0.29) is 5.91 Å². The van der Waals surface area contributed by atoms with Gasteiger partial charge in [0.1, 0.15) is 12.1 Å². The van der Waals surface area contributed by atoms with E-state index in [1.165, 1.54) is 4.90 Å². The van der Waals surface area contributed by atoms with Crippen molar-refractivity contribution in [3.63, 3.8) is 0 Å². The van der Waals surface area contributed by atoms with Crippen LogP contribution in [0.15, 0.2) is 30.5 Å². The Bertz CT molecular complexity index is 880. The molecule has 28 heavy (non-hydrogen) atoms. The van der Waals surface area contributed by atoms with E-state index in [9.17, 15) is 14.4 Å². The lowest BCUT2D eigenvalue weighted by atomic mass is 10.0. The number of nitrogens with zero attached hydrogens (tertiary/aromatic N) is 1. The average molecular weight is 388 g/mol. The van der Waals surface area contributed by atoms with Gasteiger partial charge < -0.3 is 31.1 Å². The molecule has 3 rings (SSSR count). The second-order valence-electron chi connectivity index (χ2n) is 6.94. The van der Waals surface area contributed by atoms with Crippen LogP contribution in [0.5, 0.6) is 0 Å². The van der Waals surface area contributed by atoms with Crippen LogP contribution in [0, 0.1) is 0 Å². The summed E-state index contributed by atoms with van der Waals surface area (Å²) in [5.41, 5.74) is 8.02. The Hall–Kier alpha value is -2.91. The molecule has 1 aliphatic rings. The Kier molecular flexibility index (Phi) is 5.96. The normalized spacial score (nSPS) is 18.8. The number of aromatic amines is 1. The monoisotopic (exact) mass is 388 g/mol. The summed E-state index contributed by atoms with van der Waals surface area (Å²) < 4.78 is 0. The molecule has 150 valence electrons. The number of carboxylic acid groups (broad SMARTS) is 1. The molecule has 0 unspecified atom stereocenters. The number of amides is 2. The number of aliphatic hydroxyl groups excluding tert-OH is 1. The molecule has 2 aromatic rings. The topological polar surface area (TPSA) is 149 Å². The van der Waals surface area contributed by atoms with Gasteiger partial charge in [-0.05, 0) is 30.9 Å². The molecule has 3 atom stereocenters. The molecule has 0 aliphatic carbocycles. The summed E-state index contributed by atoms with van der Waals surface area (Å²) in [4.78, 5) is 40.8. The number of carboxylic acids is 1. The molecule has 0 spiro atoms. The number of para-hydroxylation sites is 1. The number of aromatic nitrogens is 1. The summed E-state index contributed by atoms with van der Waals surface area (Å²) in [6.07, 6.45) is 3.20. The van der Waals surface area contributed by atoms with Crippen LogP contribution in [-0.2, 0) is 20.8 Å². The number of aliphatic carboxylic acids is 1. The third kappa shape index (κ3) is 4.00. The van der Waals surface area contributed by atoms with Crippen LogP contribution >= 0.6 is 0 Å². The van der Waals surface area contributed by atoms with Gasteiger partial charge in [0.2, 0.25) is 11.8 Å². The van der Waals surface area contributed by atoms with E-state index in [4.69, 9.17) is 15.9 Å². The van der Waals surface area contributed by atoms with Crippen LogP contribution in [0.25, 0.3) is 10.9 Å². The molecule has 0 bridgehead atoms. The summed E-state index contributed by atoms with van der Waals surface area (Å²) in [6.45, 7) is -0.336. The van der Waals surface area contributed by atoms with Gasteiger partial charge >= 0.3 is 5.97 Å². The maximum atomic E-state index is 12.9. The zero-order valence-electron chi connectivity index (χ0n) is 15.3. The number of hydrogen-bond acceptors (Lipinski definition) is 5. The first-order valence-corrected chi connectivity index (χ1v) is 9.17. The average Bonchev–Trinajstić information content (AvgIpc) is 3.32. The van der Waals surface area contributed by atoms with E-state index >= 15 is 0 Å². The van der Waals surface area contributed by atoms with E-state index in [0.717, 1.165) is 16.5 Å². The first kappa shape index (κ1) is 19.8. The highest BCUT2D eigenvalue weighted by Gasteiger charge is 2.37. The number of fused-ring (bicyclic) bond motifs is 1. The van der Waals surface area contributed by atoms with Gasteiger partial charge in [-0.2, -0.15) is 0 Å². The number of carbonyl (C=O) groups excluding carboxylic acids is 2. The molecule has 1 fully saturated rings. The maximum Gasteiger partial charge on any atom is 0.328 e. The Morgan fingerprint density at radius 1 is 1.32 bits per heavy atom. The lowest BCUT2D eigenvalue weighted by Crippen LogP contribution is -2.54. The second kappa shape index (κ2) is 8.41. The predicted molar refractivity (Wildman–Crippen MR) is 101 cm³/mol. The lowest BCUT2D eigenvalue weighted by Gasteiger charge is -2.27. The van der Waals surface area contributed by atoms with E-state index in [1.54, 1.807) is 0 Å². The lowest BCUT2D eigenvalue weighted by molar-refractivity contribution is -0.145. The van der Waals surface area contributed by atoms with Gasteiger partial charge in [0.15, 0.2) is 0 Å². The van der Waals surface area contributed by atoms with Crippen molar-refractivity contribution in [3.05, 3.63) is 36.0 Å². The van der Waals surface area contributed by atoms with Gasteiger partial charge in [-0.25, -0.2) is 4.79 Å². The summed E-state index contributed by atoms with van der Waals surface area (Å²) >= 11 is 0. The molecule has 1 aromatic carbocycles. The first-order valence-electron chi connectivity index (χ1n) is 9.17. The van der Waals surface area contributed by atoms with Crippen molar-refractivity contribution in [1.29, 1.82) is 0 Å². The molecule has 2 heterocycles. The molecule has 1 aromatic heterocycles. The van der Waals surface area contributed by atoms with E-state index in [1.807, 2.05) is 30.5 Å². The fourth-order valence-corrected chi connectivity index (χ4v) is 3.59. The Morgan fingerprint density at radius 3 is 2.79 bits per heavy atom. The van der Waals surface area contributed by atoms with Crippen LogP contribution in [0.2, 0.25) is 0 Å². The number of H-pyrrole nitrogens is 1. The molecule has 0 radical (unpaired) electrons. The minimum Gasteiger partial charge on any atom is -0.480 e. The van der Waals surface area contributed by atoms with Gasteiger partial charge in [-0.3, -0.25) is 9.59 Å². The fraction of sp³-hybridized carbons (Fsp3) is 0.421.